The molecule has 4 nitrogen and oxygen atoms in total. The van der Waals surface area contributed by atoms with Crippen molar-refractivity contribution in [2.24, 2.45) is 5.73 Å². The Hall–Kier alpha value is -1.11. The maximum atomic E-state index is 12.8. The summed E-state index contributed by atoms with van der Waals surface area (Å²) < 4.78 is 43.1. The van der Waals surface area contributed by atoms with Crippen LogP contribution in [-0.4, -0.2) is 16.3 Å². The second-order valence-corrected chi connectivity index (χ2v) is 5.35. The molecule has 0 radical (unpaired) electrons. The van der Waals surface area contributed by atoms with Crippen molar-refractivity contribution >= 4 is 0 Å². The summed E-state index contributed by atoms with van der Waals surface area (Å²) >= 11 is 0. The molecule has 1 aromatic rings. The van der Waals surface area contributed by atoms with Gasteiger partial charge in [-0.25, -0.2) is 0 Å². The summed E-state index contributed by atoms with van der Waals surface area (Å²) in [5.74, 6) is -0.110. The van der Waals surface area contributed by atoms with E-state index in [1.165, 1.54) is 0 Å². The molecule has 108 valence electrons. The van der Waals surface area contributed by atoms with Crippen LogP contribution >= 0.6 is 0 Å². The Bertz CT molecular complexity index is 420. The lowest BCUT2D eigenvalue weighted by molar-refractivity contribution is -0.190. The molecule has 19 heavy (non-hydrogen) atoms. The van der Waals surface area contributed by atoms with E-state index in [0.29, 0.717) is 5.82 Å². The van der Waals surface area contributed by atoms with Gasteiger partial charge >= 0.3 is 6.18 Å². The summed E-state index contributed by atoms with van der Waals surface area (Å²) in [5.41, 5.74) is 2.67. The van der Waals surface area contributed by atoms with Crippen molar-refractivity contribution in [2.75, 3.05) is 0 Å². The van der Waals surface area contributed by atoms with Gasteiger partial charge in [0.15, 0.2) is 11.4 Å². The summed E-state index contributed by atoms with van der Waals surface area (Å²) in [6.07, 6.45) is 1.58. The summed E-state index contributed by atoms with van der Waals surface area (Å²) in [6.45, 7) is 0.845. The number of alkyl halides is 3. The predicted molar refractivity (Wildman–Crippen MR) is 62.3 cm³/mol. The summed E-state index contributed by atoms with van der Waals surface area (Å²) in [5, 5.41) is 3.70. The molecular weight excluding hydrogens is 259 g/mol. The van der Waals surface area contributed by atoms with Crippen molar-refractivity contribution in [3.05, 3.63) is 11.7 Å². The molecule has 2 N–H and O–H groups in total. The van der Waals surface area contributed by atoms with Crippen LogP contribution in [0.15, 0.2) is 4.52 Å². The molecular formula is C12H18F3N3O. The highest BCUT2D eigenvalue weighted by atomic mass is 19.4. The van der Waals surface area contributed by atoms with E-state index in [-0.39, 0.29) is 5.92 Å². The van der Waals surface area contributed by atoms with Crippen LogP contribution in [0.2, 0.25) is 0 Å². The van der Waals surface area contributed by atoms with Gasteiger partial charge in [-0.3, -0.25) is 0 Å². The number of hydrogen-bond acceptors (Lipinski definition) is 4. The van der Waals surface area contributed by atoms with Crippen LogP contribution in [-0.2, 0) is 5.54 Å². The van der Waals surface area contributed by atoms with Crippen molar-refractivity contribution in [1.29, 1.82) is 0 Å². The largest absolute Gasteiger partial charge is 0.415 e. The van der Waals surface area contributed by atoms with Gasteiger partial charge in [0, 0.05) is 5.92 Å². The minimum Gasteiger partial charge on any atom is -0.337 e. The SMILES string of the molecule is CC(N)(c1nc(C2CCCCCC2)no1)C(F)(F)F. The molecule has 1 aliphatic carbocycles. The quantitative estimate of drug-likeness (QED) is 0.843. The highest BCUT2D eigenvalue weighted by molar-refractivity contribution is 5.06. The maximum Gasteiger partial charge on any atom is 0.415 e. The van der Waals surface area contributed by atoms with Gasteiger partial charge in [0.05, 0.1) is 0 Å². The summed E-state index contributed by atoms with van der Waals surface area (Å²) in [7, 11) is 0. The molecule has 1 heterocycles. The Morgan fingerprint density at radius 3 is 2.26 bits per heavy atom. The van der Waals surface area contributed by atoms with Crippen LogP contribution in [0.25, 0.3) is 0 Å². The topological polar surface area (TPSA) is 64.9 Å². The third kappa shape index (κ3) is 2.91. The molecule has 7 heteroatoms. The molecule has 0 aliphatic heterocycles. The van der Waals surface area contributed by atoms with Crippen LogP contribution in [0.5, 0.6) is 0 Å². The highest BCUT2D eigenvalue weighted by Crippen LogP contribution is 2.37. The first-order valence-corrected chi connectivity index (χ1v) is 6.52. The number of halogens is 3. The number of rotatable bonds is 2. The first-order valence-electron chi connectivity index (χ1n) is 6.52. The molecule has 0 bridgehead atoms. The standard InChI is InChI=1S/C12H18F3N3O/c1-11(16,12(13,14)15)10-17-9(18-19-10)8-6-4-2-3-5-7-8/h8H,2-7,16H2,1H3. The van der Waals surface area contributed by atoms with E-state index in [4.69, 9.17) is 10.3 Å². The summed E-state index contributed by atoms with van der Waals surface area (Å²) in [4.78, 5) is 3.89. The van der Waals surface area contributed by atoms with E-state index in [9.17, 15) is 13.2 Å². The van der Waals surface area contributed by atoms with Gasteiger partial charge in [-0.1, -0.05) is 30.8 Å². The minimum atomic E-state index is -4.61. The number of nitrogens with zero attached hydrogens (tertiary/aromatic N) is 2. The van der Waals surface area contributed by atoms with Crippen LogP contribution in [0.3, 0.4) is 0 Å². The van der Waals surface area contributed by atoms with Gasteiger partial charge in [-0.2, -0.15) is 18.2 Å². The Morgan fingerprint density at radius 2 is 1.74 bits per heavy atom. The molecule has 1 aliphatic rings. The molecule has 1 aromatic heterocycles. The Kier molecular flexibility index (Phi) is 3.85. The summed E-state index contributed by atoms with van der Waals surface area (Å²) in [6, 6.07) is 0. The van der Waals surface area contributed by atoms with Crippen LogP contribution in [0.1, 0.15) is 63.1 Å². The van der Waals surface area contributed by atoms with Crippen molar-refractivity contribution in [3.8, 4) is 0 Å². The normalized spacial score (nSPS) is 21.9. The third-order valence-corrected chi connectivity index (χ3v) is 3.70. The van der Waals surface area contributed by atoms with Crippen molar-refractivity contribution in [1.82, 2.24) is 10.1 Å². The average Bonchev–Trinajstić information content (AvgIpc) is 2.65. The molecule has 1 saturated carbocycles. The lowest BCUT2D eigenvalue weighted by atomic mass is 9.99. The van der Waals surface area contributed by atoms with Gasteiger partial charge in [0.1, 0.15) is 0 Å². The van der Waals surface area contributed by atoms with Crippen LogP contribution in [0.4, 0.5) is 13.2 Å². The Labute approximate surface area is 109 Å². The van der Waals surface area contributed by atoms with Crippen molar-refractivity contribution < 1.29 is 17.7 Å². The zero-order valence-corrected chi connectivity index (χ0v) is 10.8. The van der Waals surface area contributed by atoms with E-state index < -0.39 is 17.6 Å². The van der Waals surface area contributed by atoms with E-state index in [2.05, 4.69) is 10.1 Å². The molecule has 0 saturated heterocycles. The Balaban J connectivity index is 2.18. The second-order valence-electron chi connectivity index (χ2n) is 5.35. The van der Waals surface area contributed by atoms with Gasteiger partial charge in [-0.05, 0) is 19.8 Å². The molecule has 0 aromatic carbocycles. The van der Waals surface area contributed by atoms with Gasteiger partial charge in [0.25, 0.3) is 5.89 Å². The van der Waals surface area contributed by atoms with E-state index in [0.717, 1.165) is 45.4 Å². The van der Waals surface area contributed by atoms with Gasteiger partial charge in [0.2, 0.25) is 0 Å². The highest BCUT2D eigenvalue weighted by Gasteiger charge is 2.53. The van der Waals surface area contributed by atoms with Gasteiger partial charge in [-0.15, -0.1) is 0 Å². The fourth-order valence-electron chi connectivity index (χ4n) is 2.27. The Morgan fingerprint density at radius 1 is 1.16 bits per heavy atom. The van der Waals surface area contributed by atoms with Gasteiger partial charge < -0.3 is 10.3 Å². The van der Waals surface area contributed by atoms with Crippen molar-refractivity contribution in [3.63, 3.8) is 0 Å². The van der Waals surface area contributed by atoms with E-state index in [1.54, 1.807) is 0 Å². The molecule has 1 fully saturated rings. The fraction of sp³-hybridized carbons (Fsp3) is 0.833. The first kappa shape index (κ1) is 14.3. The first-order chi connectivity index (χ1) is 8.82. The lowest BCUT2D eigenvalue weighted by Gasteiger charge is -2.22. The molecule has 1 atom stereocenters. The van der Waals surface area contributed by atoms with E-state index in [1.807, 2.05) is 0 Å². The lowest BCUT2D eigenvalue weighted by Crippen LogP contribution is -2.48. The minimum absolute atomic E-state index is 0.0871. The zero-order chi connectivity index (χ0) is 14.1. The monoisotopic (exact) mass is 277 g/mol. The molecule has 0 spiro atoms. The number of nitrogens with two attached hydrogens (primary N) is 1. The number of hydrogen-bond donors (Lipinski definition) is 1. The predicted octanol–water partition coefficient (Wildman–Crippen LogP) is 3.24. The molecule has 0 amide bonds. The third-order valence-electron chi connectivity index (χ3n) is 3.70. The van der Waals surface area contributed by atoms with E-state index >= 15 is 0 Å². The van der Waals surface area contributed by atoms with Crippen molar-refractivity contribution in [2.45, 2.75) is 63.1 Å². The molecule has 1 unspecified atom stereocenters. The average molecular weight is 277 g/mol. The second kappa shape index (κ2) is 5.11. The number of aromatic nitrogens is 2. The molecule has 2 rings (SSSR count). The maximum absolute atomic E-state index is 12.8. The smallest absolute Gasteiger partial charge is 0.337 e. The zero-order valence-electron chi connectivity index (χ0n) is 10.8. The van der Waals surface area contributed by atoms with Crippen LogP contribution < -0.4 is 5.73 Å². The fourth-order valence-corrected chi connectivity index (χ4v) is 2.27. The van der Waals surface area contributed by atoms with Crippen LogP contribution in [0, 0.1) is 0 Å².